The van der Waals surface area contributed by atoms with Crippen molar-refractivity contribution in [2.45, 2.75) is 32.4 Å². The molecule has 0 radical (unpaired) electrons. The summed E-state index contributed by atoms with van der Waals surface area (Å²) >= 11 is 0. The number of carbonyl (C=O) groups is 2. The predicted molar refractivity (Wildman–Crippen MR) is 98.0 cm³/mol. The fourth-order valence-corrected chi connectivity index (χ4v) is 3.65. The number of likely N-dealkylation sites (N-methyl/N-ethyl adjacent to an activating group) is 1. The first-order chi connectivity index (χ1) is 12.5. The number of nitrogens with zero attached hydrogens (tertiary/aromatic N) is 3. The van der Waals surface area contributed by atoms with E-state index in [4.69, 9.17) is 0 Å². The van der Waals surface area contributed by atoms with Gasteiger partial charge in [0.25, 0.3) is 5.91 Å². The number of rotatable bonds is 3. The van der Waals surface area contributed by atoms with Gasteiger partial charge in [-0.25, -0.2) is 0 Å². The summed E-state index contributed by atoms with van der Waals surface area (Å²) in [4.78, 5) is 29.0. The first-order valence-electron chi connectivity index (χ1n) is 8.94. The Morgan fingerprint density at radius 3 is 2.85 bits per heavy atom. The molecule has 0 spiro atoms. The number of benzene rings is 1. The van der Waals surface area contributed by atoms with Crippen molar-refractivity contribution >= 4 is 17.5 Å². The van der Waals surface area contributed by atoms with E-state index >= 15 is 0 Å². The number of anilines is 1. The molecule has 0 bridgehead atoms. The summed E-state index contributed by atoms with van der Waals surface area (Å²) in [5, 5.41) is 10.2. The van der Waals surface area contributed by atoms with E-state index in [0.29, 0.717) is 25.2 Å². The minimum absolute atomic E-state index is 0.0305. The van der Waals surface area contributed by atoms with E-state index < -0.39 is 0 Å². The topological polar surface area (TPSA) is 81.3 Å². The predicted octanol–water partition coefficient (Wildman–Crippen LogP) is 1.24. The summed E-state index contributed by atoms with van der Waals surface area (Å²) in [6, 6.07) is 7.65. The Kier molecular flexibility index (Phi) is 4.24. The van der Waals surface area contributed by atoms with E-state index in [9.17, 15) is 9.59 Å². The Labute approximate surface area is 152 Å². The normalized spacial score (nSPS) is 20.3. The maximum atomic E-state index is 12.7. The number of hydrogen-bond donors (Lipinski definition) is 2. The highest BCUT2D eigenvalue weighted by atomic mass is 16.2. The lowest BCUT2D eigenvalue weighted by Gasteiger charge is -2.22. The second-order valence-corrected chi connectivity index (χ2v) is 7.23. The zero-order chi connectivity index (χ0) is 18.3. The molecule has 1 aromatic heterocycles. The summed E-state index contributed by atoms with van der Waals surface area (Å²) in [7, 11) is 2.03. The van der Waals surface area contributed by atoms with Crippen LogP contribution in [0.5, 0.6) is 0 Å². The number of nitrogens with one attached hydrogen (secondary N) is 2. The van der Waals surface area contributed by atoms with Crippen LogP contribution < -0.4 is 10.2 Å². The lowest BCUT2D eigenvalue weighted by Crippen LogP contribution is -2.38. The highest BCUT2D eigenvalue weighted by Gasteiger charge is 2.33. The van der Waals surface area contributed by atoms with Gasteiger partial charge in [0.1, 0.15) is 0 Å². The molecule has 26 heavy (non-hydrogen) atoms. The number of aromatic amines is 1. The summed E-state index contributed by atoms with van der Waals surface area (Å²) in [5.41, 5.74) is 4.48. The molecular weight excluding hydrogens is 330 g/mol. The number of amides is 2. The third-order valence-corrected chi connectivity index (χ3v) is 5.15. The second-order valence-electron chi connectivity index (χ2n) is 7.23. The van der Waals surface area contributed by atoms with Crippen LogP contribution in [0.25, 0.3) is 0 Å². The maximum absolute atomic E-state index is 12.7. The summed E-state index contributed by atoms with van der Waals surface area (Å²) < 4.78 is 0. The molecule has 3 heterocycles. The van der Waals surface area contributed by atoms with Crippen LogP contribution in [0, 0.1) is 6.92 Å². The zero-order valence-electron chi connectivity index (χ0n) is 15.1. The molecule has 2 N–H and O–H groups in total. The highest BCUT2D eigenvalue weighted by molar-refractivity contribution is 5.98. The molecule has 1 aromatic carbocycles. The summed E-state index contributed by atoms with van der Waals surface area (Å²) in [6.07, 6.45) is 1.18. The SMILES string of the molecule is Cc1ccc(N2C[C@@H](NC(=O)c3n[nH]c4c3CN(C)CC4)CC2=O)cc1. The van der Waals surface area contributed by atoms with Crippen molar-refractivity contribution in [2.75, 3.05) is 25.0 Å². The Hall–Kier alpha value is -2.67. The standard InChI is InChI=1S/C19H23N5O2/c1-12-3-5-14(6-4-12)24-10-13(9-17(24)25)20-19(26)18-15-11-23(2)8-7-16(15)21-22-18/h3-6,13H,7-11H2,1-2H3,(H,20,26)(H,21,22)/t13-/m0/s1. The van der Waals surface area contributed by atoms with Crippen LogP contribution in [-0.2, 0) is 17.8 Å². The van der Waals surface area contributed by atoms with Crippen LogP contribution >= 0.6 is 0 Å². The van der Waals surface area contributed by atoms with Crippen LogP contribution in [0.3, 0.4) is 0 Å². The molecule has 0 aliphatic carbocycles. The Morgan fingerprint density at radius 1 is 1.31 bits per heavy atom. The molecule has 4 rings (SSSR count). The number of H-pyrrole nitrogens is 1. The van der Waals surface area contributed by atoms with Crippen molar-refractivity contribution in [1.82, 2.24) is 20.4 Å². The second kappa shape index (κ2) is 6.57. The van der Waals surface area contributed by atoms with E-state index in [2.05, 4.69) is 20.4 Å². The van der Waals surface area contributed by atoms with Gasteiger partial charge in [0, 0.05) is 49.4 Å². The quantitative estimate of drug-likeness (QED) is 0.870. The Bertz CT molecular complexity index is 842. The molecule has 1 saturated heterocycles. The molecule has 2 amide bonds. The van der Waals surface area contributed by atoms with Crippen molar-refractivity contribution in [3.8, 4) is 0 Å². The molecule has 7 heteroatoms. The fraction of sp³-hybridized carbons (Fsp3) is 0.421. The van der Waals surface area contributed by atoms with Gasteiger partial charge in [0.05, 0.1) is 6.04 Å². The van der Waals surface area contributed by atoms with E-state index in [1.807, 2.05) is 38.2 Å². The van der Waals surface area contributed by atoms with Crippen molar-refractivity contribution in [1.29, 1.82) is 0 Å². The van der Waals surface area contributed by atoms with Crippen LogP contribution in [0.15, 0.2) is 24.3 Å². The zero-order valence-corrected chi connectivity index (χ0v) is 15.1. The highest BCUT2D eigenvalue weighted by Crippen LogP contribution is 2.23. The molecule has 7 nitrogen and oxygen atoms in total. The van der Waals surface area contributed by atoms with Gasteiger partial charge in [-0.05, 0) is 26.1 Å². The average Bonchev–Trinajstić information content (AvgIpc) is 3.18. The van der Waals surface area contributed by atoms with Crippen molar-refractivity contribution in [3.63, 3.8) is 0 Å². The summed E-state index contributed by atoms with van der Waals surface area (Å²) in [6.45, 7) is 4.17. The Balaban J connectivity index is 1.45. The van der Waals surface area contributed by atoms with Gasteiger partial charge < -0.3 is 15.1 Å². The van der Waals surface area contributed by atoms with Crippen molar-refractivity contribution in [2.24, 2.45) is 0 Å². The van der Waals surface area contributed by atoms with Crippen LogP contribution in [-0.4, -0.2) is 53.1 Å². The van der Waals surface area contributed by atoms with Crippen LogP contribution in [0.1, 0.15) is 33.7 Å². The minimum atomic E-state index is -0.207. The van der Waals surface area contributed by atoms with Gasteiger partial charge in [0.15, 0.2) is 5.69 Å². The van der Waals surface area contributed by atoms with Crippen molar-refractivity contribution in [3.05, 3.63) is 46.8 Å². The number of aromatic nitrogens is 2. The first-order valence-corrected chi connectivity index (χ1v) is 8.94. The third kappa shape index (κ3) is 3.10. The third-order valence-electron chi connectivity index (χ3n) is 5.15. The Morgan fingerprint density at radius 2 is 2.08 bits per heavy atom. The van der Waals surface area contributed by atoms with Gasteiger partial charge >= 0.3 is 0 Å². The molecule has 0 unspecified atom stereocenters. The lowest BCUT2D eigenvalue weighted by molar-refractivity contribution is -0.117. The van der Waals surface area contributed by atoms with Crippen molar-refractivity contribution < 1.29 is 9.59 Å². The average molecular weight is 353 g/mol. The number of hydrogen-bond acceptors (Lipinski definition) is 4. The maximum Gasteiger partial charge on any atom is 0.272 e. The lowest BCUT2D eigenvalue weighted by atomic mass is 10.1. The first kappa shape index (κ1) is 16.8. The summed E-state index contributed by atoms with van der Waals surface area (Å²) in [5.74, 6) is -0.177. The molecule has 2 aliphatic rings. The van der Waals surface area contributed by atoms with Crippen LogP contribution in [0.4, 0.5) is 5.69 Å². The fourth-order valence-electron chi connectivity index (χ4n) is 3.65. The van der Waals surface area contributed by atoms with E-state index in [1.54, 1.807) is 4.90 Å². The number of fused-ring (bicyclic) bond motifs is 1. The molecule has 0 saturated carbocycles. The molecule has 2 aliphatic heterocycles. The van der Waals surface area contributed by atoms with E-state index in [0.717, 1.165) is 35.5 Å². The van der Waals surface area contributed by atoms with Gasteiger partial charge in [0.2, 0.25) is 5.91 Å². The molecule has 2 aromatic rings. The monoisotopic (exact) mass is 353 g/mol. The molecule has 1 fully saturated rings. The largest absolute Gasteiger partial charge is 0.346 e. The van der Waals surface area contributed by atoms with E-state index in [-0.39, 0.29) is 17.9 Å². The molecule has 136 valence electrons. The van der Waals surface area contributed by atoms with E-state index in [1.165, 1.54) is 0 Å². The van der Waals surface area contributed by atoms with Gasteiger partial charge in [-0.1, -0.05) is 17.7 Å². The molecule has 1 atom stereocenters. The van der Waals surface area contributed by atoms with Gasteiger partial charge in [-0.2, -0.15) is 5.10 Å². The minimum Gasteiger partial charge on any atom is -0.346 e. The smallest absolute Gasteiger partial charge is 0.272 e. The van der Waals surface area contributed by atoms with Crippen LogP contribution in [0.2, 0.25) is 0 Å². The van der Waals surface area contributed by atoms with Gasteiger partial charge in [-0.3, -0.25) is 14.7 Å². The number of carbonyl (C=O) groups excluding carboxylic acids is 2. The molecular formula is C19H23N5O2. The number of aryl methyl sites for hydroxylation is 1. The van der Waals surface area contributed by atoms with Gasteiger partial charge in [-0.15, -0.1) is 0 Å².